The van der Waals surface area contributed by atoms with Gasteiger partial charge in [-0.25, -0.2) is 9.59 Å². The van der Waals surface area contributed by atoms with Gasteiger partial charge in [0, 0.05) is 0 Å². The van der Waals surface area contributed by atoms with E-state index in [1.165, 1.54) is 24.3 Å². The predicted octanol–water partition coefficient (Wildman–Crippen LogP) is 3.50. The molecule has 0 aliphatic heterocycles. The van der Waals surface area contributed by atoms with Crippen molar-refractivity contribution >= 4 is 23.3 Å². The summed E-state index contributed by atoms with van der Waals surface area (Å²) in [4.78, 5) is 22.0. The number of hydrogen-bond acceptors (Lipinski definition) is 4. The van der Waals surface area contributed by atoms with Crippen molar-refractivity contribution in [3.63, 3.8) is 0 Å². The number of carboxylic acid groups (broad SMARTS) is 2. The van der Waals surface area contributed by atoms with Gasteiger partial charge in [0.15, 0.2) is 0 Å². The first-order valence-electron chi connectivity index (χ1n) is 5.66. The zero-order valence-electron chi connectivity index (χ0n) is 10.2. The maximum atomic E-state index is 11.0. The lowest BCUT2D eigenvalue weighted by Gasteiger charge is -2.00. The summed E-state index contributed by atoms with van der Waals surface area (Å²) in [7, 11) is 0. The van der Waals surface area contributed by atoms with E-state index in [2.05, 4.69) is 10.2 Å². The molecule has 0 atom stereocenters. The zero-order valence-corrected chi connectivity index (χ0v) is 10.2. The van der Waals surface area contributed by atoms with Crippen LogP contribution in [0.3, 0.4) is 0 Å². The van der Waals surface area contributed by atoms with Gasteiger partial charge in [-0.05, 0) is 24.3 Å². The Kier molecular flexibility index (Phi) is 3.85. The molecule has 2 aromatic carbocycles. The molecule has 100 valence electrons. The topological polar surface area (TPSA) is 99.3 Å². The number of aromatic carboxylic acids is 2. The minimum absolute atomic E-state index is 0.00376. The van der Waals surface area contributed by atoms with Crippen LogP contribution in [0.1, 0.15) is 20.7 Å². The number of carboxylic acids is 2. The van der Waals surface area contributed by atoms with Gasteiger partial charge in [-0.3, -0.25) is 0 Å². The smallest absolute Gasteiger partial charge is 0.337 e. The number of benzene rings is 2. The monoisotopic (exact) mass is 270 g/mol. The third-order valence-electron chi connectivity index (χ3n) is 2.53. The van der Waals surface area contributed by atoms with Gasteiger partial charge in [-0.2, -0.15) is 0 Å². The average Bonchev–Trinajstić information content (AvgIpc) is 2.45. The van der Waals surface area contributed by atoms with Gasteiger partial charge in [0.2, 0.25) is 0 Å². The van der Waals surface area contributed by atoms with Crippen LogP contribution in [0, 0.1) is 0 Å². The van der Waals surface area contributed by atoms with Gasteiger partial charge in [-0.15, -0.1) is 10.2 Å². The van der Waals surface area contributed by atoms with Crippen molar-refractivity contribution in [3.8, 4) is 0 Å². The van der Waals surface area contributed by atoms with Crippen molar-refractivity contribution in [2.75, 3.05) is 0 Å². The highest BCUT2D eigenvalue weighted by molar-refractivity contribution is 5.94. The summed E-state index contributed by atoms with van der Waals surface area (Å²) in [6, 6.07) is 12.2. The summed E-state index contributed by atoms with van der Waals surface area (Å²) >= 11 is 0. The molecule has 20 heavy (non-hydrogen) atoms. The van der Waals surface area contributed by atoms with Crippen LogP contribution in [0.15, 0.2) is 58.8 Å². The molecule has 0 saturated heterocycles. The normalized spacial score (nSPS) is 10.6. The Morgan fingerprint density at radius 3 is 1.40 bits per heavy atom. The van der Waals surface area contributed by atoms with Gasteiger partial charge in [-0.1, -0.05) is 24.3 Å². The number of rotatable bonds is 4. The second-order valence-electron chi connectivity index (χ2n) is 3.84. The van der Waals surface area contributed by atoms with Crippen LogP contribution in [-0.2, 0) is 0 Å². The third kappa shape index (κ3) is 2.86. The van der Waals surface area contributed by atoms with E-state index >= 15 is 0 Å². The van der Waals surface area contributed by atoms with Crippen LogP contribution in [0.4, 0.5) is 11.4 Å². The summed E-state index contributed by atoms with van der Waals surface area (Å²) in [5.74, 6) is -2.24. The average molecular weight is 270 g/mol. The standard InChI is InChI=1S/C14H10N2O4/c17-13(18)9-5-1-3-7-11(9)15-16-12-8-4-2-6-10(12)14(19)20/h1-8H,(H,17,18)(H,19,20). The molecule has 2 rings (SSSR count). The van der Waals surface area contributed by atoms with Crippen molar-refractivity contribution < 1.29 is 19.8 Å². The maximum Gasteiger partial charge on any atom is 0.337 e. The number of hydrogen-bond donors (Lipinski definition) is 2. The van der Waals surface area contributed by atoms with Crippen LogP contribution >= 0.6 is 0 Å². The molecule has 0 heterocycles. The molecule has 0 aliphatic carbocycles. The molecule has 0 amide bonds. The largest absolute Gasteiger partial charge is 0.478 e. The maximum absolute atomic E-state index is 11.0. The second-order valence-corrected chi connectivity index (χ2v) is 3.84. The Balaban J connectivity index is 2.40. The highest BCUT2D eigenvalue weighted by Crippen LogP contribution is 2.24. The summed E-state index contributed by atoms with van der Waals surface area (Å²) in [6.45, 7) is 0. The Morgan fingerprint density at radius 1 is 0.700 bits per heavy atom. The fourth-order valence-electron chi connectivity index (χ4n) is 1.59. The van der Waals surface area contributed by atoms with Crippen molar-refractivity contribution in [1.82, 2.24) is 0 Å². The van der Waals surface area contributed by atoms with E-state index in [9.17, 15) is 9.59 Å². The molecule has 0 unspecified atom stereocenters. The summed E-state index contributed by atoms with van der Waals surface area (Å²) in [5, 5.41) is 25.7. The fourth-order valence-corrected chi connectivity index (χ4v) is 1.59. The molecule has 0 bridgehead atoms. The highest BCUT2D eigenvalue weighted by atomic mass is 16.4. The molecule has 0 aromatic heterocycles. The predicted molar refractivity (Wildman–Crippen MR) is 71.0 cm³/mol. The molecule has 6 heteroatoms. The Labute approximate surface area is 114 Å². The molecule has 2 N–H and O–H groups in total. The molecule has 2 aromatic rings. The minimum atomic E-state index is -1.12. The first-order valence-corrected chi connectivity index (χ1v) is 5.66. The van der Waals surface area contributed by atoms with Crippen LogP contribution in [-0.4, -0.2) is 22.2 Å². The van der Waals surface area contributed by atoms with Crippen LogP contribution < -0.4 is 0 Å². The Morgan fingerprint density at radius 2 is 1.05 bits per heavy atom. The van der Waals surface area contributed by atoms with Gasteiger partial charge in [0.25, 0.3) is 0 Å². The highest BCUT2D eigenvalue weighted by Gasteiger charge is 2.10. The zero-order chi connectivity index (χ0) is 14.5. The summed E-state index contributed by atoms with van der Waals surface area (Å²) in [6.07, 6.45) is 0. The quantitative estimate of drug-likeness (QED) is 0.830. The first kappa shape index (κ1) is 13.4. The van der Waals surface area contributed by atoms with E-state index in [4.69, 9.17) is 10.2 Å². The SMILES string of the molecule is O=C(O)c1ccccc1N=Nc1ccccc1C(=O)O. The van der Waals surface area contributed by atoms with E-state index in [1.807, 2.05) is 0 Å². The molecule has 0 aliphatic rings. The lowest BCUT2D eigenvalue weighted by Crippen LogP contribution is -1.96. The lowest BCUT2D eigenvalue weighted by atomic mass is 10.2. The number of carbonyl (C=O) groups is 2. The van der Waals surface area contributed by atoms with E-state index in [-0.39, 0.29) is 22.5 Å². The van der Waals surface area contributed by atoms with E-state index in [1.54, 1.807) is 24.3 Å². The van der Waals surface area contributed by atoms with Gasteiger partial charge < -0.3 is 10.2 Å². The first-order chi connectivity index (χ1) is 9.59. The van der Waals surface area contributed by atoms with E-state index in [0.717, 1.165) is 0 Å². The van der Waals surface area contributed by atoms with E-state index < -0.39 is 11.9 Å². The molecule has 0 saturated carbocycles. The van der Waals surface area contributed by atoms with Crippen LogP contribution in [0.25, 0.3) is 0 Å². The van der Waals surface area contributed by atoms with Crippen molar-refractivity contribution in [2.45, 2.75) is 0 Å². The van der Waals surface area contributed by atoms with Crippen LogP contribution in [0.2, 0.25) is 0 Å². The number of azo groups is 1. The summed E-state index contributed by atoms with van der Waals surface area (Å²) in [5.41, 5.74) is 0.341. The van der Waals surface area contributed by atoms with Gasteiger partial charge >= 0.3 is 11.9 Å². The van der Waals surface area contributed by atoms with E-state index in [0.29, 0.717) is 0 Å². The minimum Gasteiger partial charge on any atom is -0.478 e. The van der Waals surface area contributed by atoms with Crippen molar-refractivity contribution in [2.24, 2.45) is 10.2 Å². The second kappa shape index (κ2) is 5.75. The third-order valence-corrected chi connectivity index (χ3v) is 2.53. The van der Waals surface area contributed by atoms with Gasteiger partial charge in [0.1, 0.15) is 11.4 Å². The Hall–Kier alpha value is -3.02. The van der Waals surface area contributed by atoms with Crippen molar-refractivity contribution in [3.05, 3.63) is 59.7 Å². The molecular weight excluding hydrogens is 260 g/mol. The molecule has 0 spiro atoms. The number of nitrogens with zero attached hydrogens (tertiary/aromatic N) is 2. The molecule has 0 fully saturated rings. The summed E-state index contributed by atoms with van der Waals surface area (Å²) < 4.78 is 0. The fraction of sp³-hybridized carbons (Fsp3) is 0. The Bertz CT molecular complexity index is 636. The molecule has 6 nitrogen and oxygen atoms in total. The lowest BCUT2D eigenvalue weighted by molar-refractivity contribution is 0.0686. The van der Waals surface area contributed by atoms with Gasteiger partial charge in [0.05, 0.1) is 11.1 Å². The van der Waals surface area contributed by atoms with Crippen molar-refractivity contribution in [1.29, 1.82) is 0 Å². The molecule has 0 radical (unpaired) electrons. The van der Waals surface area contributed by atoms with Crippen LogP contribution in [0.5, 0.6) is 0 Å². The molecular formula is C14H10N2O4.